The quantitative estimate of drug-likeness (QED) is 0.188. The number of aromatic nitrogens is 3. The molecule has 0 atom stereocenters. The Hall–Kier alpha value is -6.56. The van der Waals surface area contributed by atoms with Gasteiger partial charge < -0.3 is 8.98 Å². The van der Waals surface area contributed by atoms with Crippen LogP contribution in [0.5, 0.6) is 0 Å². The van der Waals surface area contributed by atoms with Crippen LogP contribution in [0.2, 0.25) is 0 Å². The molecule has 0 amide bonds. The van der Waals surface area contributed by atoms with Crippen LogP contribution in [0.1, 0.15) is 0 Å². The Labute approximate surface area is 294 Å². The molecule has 0 saturated heterocycles. The van der Waals surface area contributed by atoms with Gasteiger partial charge in [0.25, 0.3) is 0 Å². The molecule has 8 aromatic carbocycles. The first-order valence-electron chi connectivity index (χ1n) is 17.2. The minimum atomic E-state index is 0.676. The van der Waals surface area contributed by atoms with Gasteiger partial charge in [-0.25, -0.2) is 9.97 Å². The molecule has 0 N–H and O–H groups in total. The summed E-state index contributed by atoms with van der Waals surface area (Å²) >= 11 is 1.89. The van der Waals surface area contributed by atoms with Crippen LogP contribution in [0.3, 0.4) is 0 Å². The summed E-state index contributed by atoms with van der Waals surface area (Å²) in [4.78, 5) is 10.3. The van der Waals surface area contributed by atoms with Crippen molar-refractivity contribution in [2.75, 3.05) is 0 Å². The second-order valence-electron chi connectivity index (χ2n) is 13.3. The van der Waals surface area contributed by atoms with E-state index < -0.39 is 0 Å². The van der Waals surface area contributed by atoms with Crippen LogP contribution in [0, 0.1) is 0 Å². The maximum Gasteiger partial charge on any atom is 0.180 e. The molecule has 4 heterocycles. The van der Waals surface area contributed by atoms with Gasteiger partial charge in [-0.1, -0.05) is 97.1 Å². The van der Waals surface area contributed by atoms with Crippen LogP contribution in [-0.2, 0) is 0 Å². The predicted molar refractivity (Wildman–Crippen MR) is 214 cm³/mol. The summed E-state index contributed by atoms with van der Waals surface area (Å²) < 4.78 is 11.4. The number of rotatable bonds is 3. The molecule has 0 radical (unpaired) electrons. The van der Waals surface area contributed by atoms with Crippen LogP contribution in [0.4, 0.5) is 0 Å². The largest absolute Gasteiger partial charge is 0.452 e. The van der Waals surface area contributed by atoms with Gasteiger partial charge in [-0.3, -0.25) is 0 Å². The zero-order valence-corrected chi connectivity index (χ0v) is 27.9. The summed E-state index contributed by atoms with van der Waals surface area (Å²) in [6.45, 7) is 0. The number of para-hydroxylation sites is 1. The molecule has 5 heteroatoms. The van der Waals surface area contributed by atoms with Crippen LogP contribution in [0.25, 0.3) is 114 Å². The second-order valence-corrected chi connectivity index (χ2v) is 14.4. The highest BCUT2D eigenvalue weighted by atomic mass is 32.1. The van der Waals surface area contributed by atoms with E-state index in [1.807, 2.05) is 47.7 Å². The molecular weight excluding hydrogens is 643 g/mol. The van der Waals surface area contributed by atoms with Gasteiger partial charge in [0.05, 0.1) is 11.0 Å². The first-order valence-corrected chi connectivity index (χ1v) is 18.0. The van der Waals surface area contributed by atoms with Gasteiger partial charge in [0.1, 0.15) is 16.8 Å². The summed E-state index contributed by atoms with van der Waals surface area (Å²) in [6.07, 6.45) is 0. The van der Waals surface area contributed by atoms with E-state index in [2.05, 4.69) is 120 Å². The van der Waals surface area contributed by atoms with E-state index in [0.717, 1.165) is 44.4 Å². The summed E-state index contributed by atoms with van der Waals surface area (Å²) in [6, 6.07) is 54.2. The van der Waals surface area contributed by atoms with Crippen molar-refractivity contribution >= 4 is 96.9 Å². The summed E-state index contributed by atoms with van der Waals surface area (Å²) in [7, 11) is 0. The van der Waals surface area contributed by atoms with E-state index in [1.165, 1.54) is 58.1 Å². The number of nitrogens with zero attached hydrogens (tertiary/aromatic N) is 3. The third-order valence-corrected chi connectivity index (χ3v) is 11.6. The highest BCUT2D eigenvalue weighted by molar-refractivity contribution is 7.24. The Morgan fingerprint density at radius 2 is 1.18 bits per heavy atom. The van der Waals surface area contributed by atoms with E-state index in [-0.39, 0.29) is 0 Å². The predicted octanol–water partition coefficient (Wildman–Crippen LogP) is 12.9. The normalized spacial score (nSPS) is 12.3. The number of benzene rings is 8. The Bertz CT molecular complexity index is 3270. The van der Waals surface area contributed by atoms with E-state index >= 15 is 0 Å². The molecule has 0 aliphatic carbocycles. The number of hydrogen-bond acceptors (Lipinski definition) is 4. The first-order chi connectivity index (χ1) is 25.3. The topological polar surface area (TPSA) is 43.9 Å². The van der Waals surface area contributed by atoms with E-state index in [0.29, 0.717) is 11.4 Å². The minimum Gasteiger partial charge on any atom is -0.452 e. The van der Waals surface area contributed by atoms with Crippen molar-refractivity contribution in [3.8, 4) is 28.3 Å². The minimum absolute atomic E-state index is 0.676. The summed E-state index contributed by atoms with van der Waals surface area (Å²) in [5.74, 6) is 0.676. The lowest BCUT2D eigenvalue weighted by Crippen LogP contribution is -1.95. The lowest BCUT2D eigenvalue weighted by atomic mass is 10.00. The molecule has 0 aliphatic heterocycles. The number of furan rings is 1. The molecule has 0 aliphatic rings. The van der Waals surface area contributed by atoms with Crippen molar-refractivity contribution in [1.82, 2.24) is 14.5 Å². The fraction of sp³-hybridized carbons (Fsp3) is 0. The molecule has 0 fully saturated rings. The van der Waals surface area contributed by atoms with Crippen molar-refractivity contribution in [2.24, 2.45) is 0 Å². The monoisotopic (exact) mass is 667 g/mol. The molecule has 0 saturated carbocycles. The van der Waals surface area contributed by atoms with Crippen LogP contribution in [-0.4, -0.2) is 14.5 Å². The lowest BCUT2D eigenvalue weighted by Gasteiger charge is -2.12. The first kappa shape index (κ1) is 27.3. The Kier molecular flexibility index (Phi) is 5.35. The van der Waals surface area contributed by atoms with Crippen LogP contribution in [0.15, 0.2) is 156 Å². The van der Waals surface area contributed by atoms with Gasteiger partial charge in [0, 0.05) is 53.1 Å². The molecule has 12 aromatic rings. The second kappa shape index (κ2) is 10.0. The van der Waals surface area contributed by atoms with Crippen molar-refractivity contribution in [2.45, 2.75) is 0 Å². The molecule has 0 spiro atoms. The molecule has 4 aromatic heterocycles. The molecule has 236 valence electrons. The van der Waals surface area contributed by atoms with Crippen LogP contribution < -0.4 is 0 Å². The van der Waals surface area contributed by atoms with Gasteiger partial charge in [0.2, 0.25) is 0 Å². The third-order valence-electron chi connectivity index (χ3n) is 10.5. The van der Waals surface area contributed by atoms with Crippen molar-refractivity contribution in [3.05, 3.63) is 152 Å². The van der Waals surface area contributed by atoms with E-state index in [1.54, 1.807) is 0 Å². The van der Waals surface area contributed by atoms with Crippen LogP contribution >= 0.6 is 11.3 Å². The maximum atomic E-state index is 6.36. The van der Waals surface area contributed by atoms with E-state index in [9.17, 15) is 0 Å². The summed E-state index contributed by atoms with van der Waals surface area (Å²) in [5, 5.41) is 11.2. The molecule has 0 bridgehead atoms. The van der Waals surface area contributed by atoms with Crippen molar-refractivity contribution in [3.63, 3.8) is 0 Å². The molecule has 12 rings (SSSR count). The highest BCUT2D eigenvalue weighted by Gasteiger charge is 2.21. The molecule has 0 unspecified atom stereocenters. The van der Waals surface area contributed by atoms with Gasteiger partial charge in [-0.2, -0.15) is 0 Å². The summed E-state index contributed by atoms with van der Waals surface area (Å²) in [5.41, 5.74) is 8.67. The standard InChI is InChI=1S/C46H25N3OS/c1-2-8-29(9-3-1)43-45-44(33-12-4-5-13-36(33)50-45)48-46(47-43)30-17-16-26-18-21-32(25-31(26)24-30)49-34-22-19-27-10-6-14-37-39(27)41(34)42-35(49)23-20-28-11-7-15-38(51-37)40(28)42/h1-25H. The molecular formula is C46H25N3OS. The number of hydrogen-bond donors (Lipinski definition) is 0. The lowest BCUT2D eigenvalue weighted by molar-refractivity contribution is 0.667. The Balaban J connectivity index is 1.11. The highest BCUT2D eigenvalue weighted by Crippen LogP contribution is 2.46. The average Bonchev–Trinajstić information content (AvgIpc) is 3.68. The smallest absolute Gasteiger partial charge is 0.180 e. The van der Waals surface area contributed by atoms with E-state index in [4.69, 9.17) is 14.4 Å². The molecule has 51 heavy (non-hydrogen) atoms. The number of fused-ring (bicyclic) bond motifs is 4. The zero-order valence-electron chi connectivity index (χ0n) is 27.1. The maximum absolute atomic E-state index is 6.36. The van der Waals surface area contributed by atoms with Gasteiger partial charge >= 0.3 is 0 Å². The Morgan fingerprint density at radius 3 is 1.94 bits per heavy atom. The SMILES string of the molecule is c1ccc(-c2nc(-c3ccc4ccc(-n5c6ccc7cccc8sc9cccc%10ccc5c(c%109)c6c78)cc4c3)nc3c2oc2ccccc23)cc1. The van der Waals surface area contributed by atoms with Crippen molar-refractivity contribution in [1.29, 1.82) is 0 Å². The Morgan fingerprint density at radius 1 is 0.490 bits per heavy atom. The zero-order chi connectivity index (χ0) is 33.2. The average molecular weight is 668 g/mol. The van der Waals surface area contributed by atoms with Crippen molar-refractivity contribution < 1.29 is 4.42 Å². The third kappa shape index (κ3) is 3.78. The van der Waals surface area contributed by atoms with Gasteiger partial charge in [0.15, 0.2) is 11.4 Å². The van der Waals surface area contributed by atoms with Gasteiger partial charge in [-0.05, 0) is 76.1 Å². The fourth-order valence-electron chi connectivity index (χ4n) is 8.27. The fourth-order valence-corrected chi connectivity index (χ4v) is 9.44. The molecule has 4 nitrogen and oxygen atoms in total. The van der Waals surface area contributed by atoms with Gasteiger partial charge in [-0.15, -0.1) is 11.3 Å².